The third-order valence-electron chi connectivity index (χ3n) is 7.51. The van der Waals surface area contributed by atoms with Gasteiger partial charge >= 0.3 is 0 Å². The van der Waals surface area contributed by atoms with Crippen LogP contribution in [0.25, 0.3) is 0 Å². The first-order chi connectivity index (χ1) is 15.3. The molecule has 0 spiro atoms. The summed E-state index contributed by atoms with van der Waals surface area (Å²) in [4.78, 5) is 14.4. The minimum Gasteiger partial charge on any atom is -0.354 e. The number of nitrogens with zero attached hydrogens (tertiary/aromatic N) is 3. The van der Waals surface area contributed by atoms with E-state index in [4.69, 9.17) is 9.97 Å². The van der Waals surface area contributed by atoms with Crippen molar-refractivity contribution in [2.45, 2.75) is 141 Å². The lowest BCUT2D eigenvalue weighted by Crippen LogP contribution is -2.18. The molecule has 2 fully saturated rings. The molecule has 0 unspecified atom stereocenters. The van der Waals surface area contributed by atoms with E-state index in [0.717, 1.165) is 30.1 Å². The van der Waals surface area contributed by atoms with Gasteiger partial charge in [-0.05, 0) is 38.5 Å². The molecular formula is C27H48N4. The van der Waals surface area contributed by atoms with Crippen LogP contribution in [0.1, 0.15) is 146 Å². The van der Waals surface area contributed by atoms with Crippen LogP contribution in [0.5, 0.6) is 0 Å². The molecule has 31 heavy (non-hydrogen) atoms. The number of hydrogen-bond donors (Lipinski definition) is 1. The van der Waals surface area contributed by atoms with Gasteiger partial charge < -0.3 is 5.32 Å². The molecule has 0 aliphatic heterocycles. The Morgan fingerprint density at radius 3 is 1.55 bits per heavy atom. The first kappa shape index (κ1) is 24.5. The van der Waals surface area contributed by atoms with Gasteiger partial charge in [-0.2, -0.15) is 9.97 Å². The third kappa shape index (κ3) is 9.87. The van der Waals surface area contributed by atoms with Gasteiger partial charge in [0.2, 0.25) is 5.95 Å². The van der Waals surface area contributed by atoms with Gasteiger partial charge in [-0.25, -0.2) is 4.98 Å². The maximum atomic E-state index is 4.94. The largest absolute Gasteiger partial charge is 0.354 e. The van der Waals surface area contributed by atoms with Crippen LogP contribution >= 0.6 is 0 Å². The summed E-state index contributed by atoms with van der Waals surface area (Å²) in [6.45, 7) is 3.06. The molecule has 0 bridgehead atoms. The smallest absolute Gasteiger partial charge is 0.226 e. The maximum absolute atomic E-state index is 4.94. The van der Waals surface area contributed by atoms with E-state index < -0.39 is 0 Å². The molecule has 1 aromatic rings. The molecule has 0 saturated heterocycles. The van der Waals surface area contributed by atoms with Gasteiger partial charge in [-0.15, -0.1) is 0 Å². The van der Waals surface area contributed by atoms with Crippen molar-refractivity contribution >= 4 is 5.95 Å². The fourth-order valence-corrected chi connectivity index (χ4v) is 5.52. The lowest BCUT2D eigenvalue weighted by Gasteiger charge is -2.20. The Hall–Kier alpha value is -1.19. The Bertz CT molecular complexity index is 581. The normalized spacial score (nSPS) is 22.2. The molecular weight excluding hydrogens is 380 g/mol. The van der Waals surface area contributed by atoms with E-state index in [-0.39, 0.29) is 0 Å². The van der Waals surface area contributed by atoms with Gasteiger partial charge in [0.25, 0.3) is 0 Å². The number of aryl methyl sites for hydroxylation is 1. The zero-order valence-electron chi connectivity index (χ0n) is 20.3. The fourth-order valence-electron chi connectivity index (χ4n) is 5.52. The van der Waals surface area contributed by atoms with Crippen LogP contribution in [-0.4, -0.2) is 21.5 Å². The first-order valence-corrected chi connectivity index (χ1v) is 13.8. The molecule has 4 heteroatoms. The summed E-state index contributed by atoms with van der Waals surface area (Å²) in [7, 11) is 0. The predicted octanol–water partition coefficient (Wildman–Crippen LogP) is 8.12. The van der Waals surface area contributed by atoms with Crippen LogP contribution in [-0.2, 0) is 0 Å². The van der Waals surface area contributed by atoms with E-state index in [0.29, 0.717) is 5.92 Å². The molecule has 0 atom stereocenters. The molecule has 176 valence electrons. The number of nitrogens with one attached hydrogen (secondary N) is 1. The second-order valence-corrected chi connectivity index (χ2v) is 10.3. The maximum Gasteiger partial charge on any atom is 0.226 e. The number of rotatable bonds is 4. The number of anilines is 1. The Balaban J connectivity index is 1.56. The molecule has 1 heterocycles. The predicted molar refractivity (Wildman–Crippen MR) is 132 cm³/mol. The standard InChI is InChI=1S/C27H48N4/c1-23-29-26(25-20-16-12-8-5-9-13-17-21-25)31-27(30-23)28-22-24-18-14-10-6-3-2-4-7-11-15-19-24/h24-25H,2-22H2,1H3,(H,28,29,30,31). The van der Waals surface area contributed by atoms with Gasteiger partial charge in [0.05, 0.1) is 0 Å². The van der Waals surface area contributed by atoms with Crippen LogP contribution < -0.4 is 5.32 Å². The van der Waals surface area contributed by atoms with Gasteiger partial charge in [-0.3, -0.25) is 0 Å². The van der Waals surface area contributed by atoms with Crippen LogP contribution in [0.3, 0.4) is 0 Å². The van der Waals surface area contributed by atoms with Crippen molar-refractivity contribution in [2.24, 2.45) is 5.92 Å². The SMILES string of the molecule is Cc1nc(NCC2CCCCCCCCCCC2)nc(C2CCCCCCCCC2)n1. The molecule has 1 N–H and O–H groups in total. The van der Waals surface area contributed by atoms with Crippen molar-refractivity contribution in [1.82, 2.24) is 15.0 Å². The molecule has 0 amide bonds. The fraction of sp³-hybridized carbons (Fsp3) is 0.889. The Kier molecular flexibility index (Phi) is 11.7. The summed E-state index contributed by atoms with van der Waals surface area (Å²) in [6.07, 6.45) is 27.6. The van der Waals surface area contributed by atoms with Crippen molar-refractivity contribution in [3.63, 3.8) is 0 Å². The molecule has 3 rings (SSSR count). The van der Waals surface area contributed by atoms with E-state index in [1.165, 1.54) is 128 Å². The van der Waals surface area contributed by atoms with E-state index in [2.05, 4.69) is 10.3 Å². The topological polar surface area (TPSA) is 50.7 Å². The molecule has 0 radical (unpaired) electrons. The van der Waals surface area contributed by atoms with Gasteiger partial charge in [0, 0.05) is 12.5 Å². The molecule has 2 saturated carbocycles. The van der Waals surface area contributed by atoms with Crippen LogP contribution in [0, 0.1) is 12.8 Å². The minimum atomic E-state index is 0.515. The summed E-state index contributed by atoms with van der Waals surface area (Å²) >= 11 is 0. The number of hydrogen-bond acceptors (Lipinski definition) is 4. The summed E-state index contributed by atoms with van der Waals surface area (Å²) < 4.78 is 0. The van der Waals surface area contributed by atoms with Gasteiger partial charge in [0.1, 0.15) is 11.6 Å². The zero-order chi connectivity index (χ0) is 21.6. The zero-order valence-corrected chi connectivity index (χ0v) is 20.3. The highest BCUT2D eigenvalue weighted by Crippen LogP contribution is 2.28. The second kappa shape index (κ2) is 14.8. The summed E-state index contributed by atoms with van der Waals surface area (Å²) in [6, 6.07) is 0. The van der Waals surface area contributed by atoms with E-state index >= 15 is 0 Å². The van der Waals surface area contributed by atoms with Crippen LogP contribution in [0.2, 0.25) is 0 Å². The van der Waals surface area contributed by atoms with Gasteiger partial charge in [-0.1, -0.05) is 103 Å². The van der Waals surface area contributed by atoms with Crippen molar-refractivity contribution in [2.75, 3.05) is 11.9 Å². The highest BCUT2D eigenvalue weighted by atomic mass is 15.2. The van der Waals surface area contributed by atoms with Crippen LogP contribution in [0.4, 0.5) is 5.95 Å². The Morgan fingerprint density at radius 1 is 0.581 bits per heavy atom. The van der Waals surface area contributed by atoms with Crippen molar-refractivity contribution < 1.29 is 0 Å². The van der Waals surface area contributed by atoms with Crippen LogP contribution in [0.15, 0.2) is 0 Å². The van der Waals surface area contributed by atoms with Gasteiger partial charge in [0.15, 0.2) is 0 Å². The van der Waals surface area contributed by atoms with Crippen molar-refractivity contribution in [3.8, 4) is 0 Å². The average Bonchev–Trinajstić information content (AvgIpc) is 2.76. The number of aromatic nitrogens is 3. The lowest BCUT2D eigenvalue weighted by molar-refractivity contribution is 0.408. The molecule has 0 aromatic carbocycles. The molecule has 2 aliphatic carbocycles. The lowest BCUT2D eigenvalue weighted by atomic mass is 9.91. The highest BCUT2D eigenvalue weighted by molar-refractivity contribution is 5.25. The third-order valence-corrected chi connectivity index (χ3v) is 7.51. The summed E-state index contributed by atoms with van der Waals surface area (Å²) in [5, 5.41) is 3.63. The van der Waals surface area contributed by atoms with E-state index in [9.17, 15) is 0 Å². The molecule has 4 nitrogen and oxygen atoms in total. The highest BCUT2D eigenvalue weighted by Gasteiger charge is 2.18. The summed E-state index contributed by atoms with van der Waals surface area (Å²) in [5.74, 6) is 4.03. The quantitative estimate of drug-likeness (QED) is 0.526. The molecule has 1 aromatic heterocycles. The van der Waals surface area contributed by atoms with E-state index in [1.54, 1.807) is 0 Å². The Labute approximate surface area is 191 Å². The molecule has 2 aliphatic rings. The average molecular weight is 429 g/mol. The monoisotopic (exact) mass is 428 g/mol. The second-order valence-electron chi connectivity index (χ2n) is 10.3. The first-order valence-electron chi connectivity index (χ1n) is 13.8. The van der Waals surface area contributed by atoms with E-state index in [1.807, 2.05) is 6.92 Å². The minimum absolute atomic E-state index is 0.515. The van der Waals surface area contributed by atoms with Crippen molar-refractivity contribution in [3.05, 3.63) is 11.6 Å². The van der Waals surface area contributed by atoms with Crippen molar-refractivity contribution in [1.29, 1.82) is 0 Å². The Morgan fingerprint density at radius 2 is 1.03 bits per heavy atom. The summed E-state index contributed by atoms with van der Waals surface area (Å²) in [5.41, 5.74) is 0.